The zero-order chi connectivity index (χ0) is 13.2. The van der Waals surface area contributed by atoms with Gasteiger partial charge in [0.2, 0.25) is 0 Å². The number of carbonyl (C=O) groups excluding carboxylic acids is 1. The van der Waals surface area contributed by atoms with Gasteiger partial charge in [0, 0.05) is 0 Å². The minimum absolute atomic E-state index is 0.277. The van der Waals surface area contributed by atoms with Crippen molar-refractivity contribution in [3.63, 3.8) is 0 Å². The highest BCUT2D eigenvalue weighted by Gasteiger charge is 2.22. The van der Waals surface area contributed by atoms with E-state index in [9.17, 15) is 4.79 Å². The van der Waals surface area contributed by atoms with Crippen LogP contribution < -0.4 is 0 Å². The molecule has 3 rings (SSSR count). The third-order valence-electron chi connectivity index (χ3n) is 3.85. The van der Waals surface area contributed by atoms with E-state index >= 15 is 0 Å². The van der Waals surface area contributed by atoms with Crippen molar-refractivity contribution in [3.05, 3.63) is 70.8 Å². The minimum atomic E-state index is -0.277. The van der Waals surface area contributed by atoms with E-state index in [0.29, 0.717) is 11.5 Å². The average Bonchev–Trinajstić information content (AvgIpc) is 2.90. The zero-order valence-electron chi connectivity index (χ0n) is 10.9. The van der Waals surface area contributed by atoms with Crippen LogP contribution in [-0.4, -0.2) is 13.1 Å². The van der Waals surface area contributed by atoms with Crippen molar-refractivity contribution in [1.29, 1.82) is 0 Å². The van der Waals surface area contributed by atoms with Crippen molar-refractivity contribution in [1.82, 2.24) is 0 Å². The van der Waals surface area contributed by atoms with Gasteiger partial charge < -0.3 is 4.74 Å². The molecular weight excluding hydrogens is 236 g/mol. The summed E-state index contributed by atoms with van der Waals surface area (Å²) in [5.41, 5.74) is 4.81. The molecule has 96 valence electrons. The average molecular weight is 252 g/mol. The van der Waals surface area contributed by atoms with Gasteiger partial charge in [0.25, 0.3) is 0 Å². The maximum atomic E-state index is 11.4. The molecule has 0 amide bonds. The molecule has 0 spiro atoms. The monoisotopic (exact) mass is 252 g/mol. The van der Waals surface area contributed by atoms with Gasteiger partial charge in [-0.2, -0.15) is 0 Å². The summed E-state index contributed by atoms with van der Waals surface area (Å²) in [6.07, 6.45) is 2.18. The molecule has 0 atom stereocenters. The van der Waals surface area contributed by atoms with Gasteiger partial charge in [0.1, 0.15) is 0 Å². The van der Waals surface area contributed by atoms with Crippen molar-refractivity contribution >= 4 is 5.97 Å². The molecule has 0 radical (unpaired) electrons. The number of hydrogen-bond acceptors (Lipinski definition) is 2. The molecule has 2 heteroatoms. The smallest absolute Gasteiger partial charge is 0.337 e. The van der Waals surface area contributed by atoms with Crippen LogP contribution >= 0.6 is 0 Å². The molecule has 0 heterocycles. The lowest BCUT2D eigenvalue weighted by Gasteiger charge is -2.09. The summed E-state index contributed by atoms with van der Waals surface area (Å²) in [4.78, 5) is 11.4. The third-order valence-corrected chi connectivity index (χ3v) is 3.85. The lowest BCUT2D eigenvalue weighted by atomic mass is 9.95. The van der Waals surface area contributed by atoms with Crippen LogP contribution in [0.2, 0.25) is 0 Å². The van der Waals surface area contributed by atoms with E-state index in [2.05, 4.69) is 24.3 Å². The Hall–Kier alpha value is -2.09. The summed E-state index contributed by atoms with van der Waals surface area (Å²) in [5.74, 6) is 0.255. The second kappa shape index (κ2) is 4.88. The van der Waals surface area contributed by atoms with Gasteiger partial charge in [-0.1, -0.05) is 36.4 Å². The number of benzene rings is 2. The van der Waals surface area contributed by atoms with Crippen LogP contribution in [0.3, 0.4) is 0 Å². The van der Waals surface area contributed by atoms with Gasteiger partial charge in [-0.25, -0.2) is 4.79 Å². The summed E-state index contributed by atoms with van der Waals surface area (Å²) in [7, 11) is 1.41. The Morgan fingerprint density at radius 3 is 2.11 bits per heavy atom. The fourth-order valence-electron chi connectivity index (χ4n) is 2.80. The summed E-state index contributed by atoms with van der Waals surface area (Å²) < 4.78 is 4.71. The van der Waals surface area contributed by atoms with Crippen LogP contribution in [0, 0.1) is 0 Å². The number of ether oxygens (including phenoxy) is 1. The summed E-state index contributed by atoms with van der Waals surface area (Å²) >= 11 is 0. The highest BCUT2D eigenvalue weighted by atomic mass is 16.5. The molecule has 0 aliphatic heterocycles. The first-order valence-electron chi connectivity index (χ1n) is 6.53. The van der Waals surface area contributed by atoms with E-state index in [-0.39, 0.29) is 5.97 Å². The van der Waals surface area contributed by atoms with Crippen LogP contribution in [0.4, 0.5) is 0 Å². The highest BCUT2D eigenvalue weighted by molar-refractivity contribution is 5.89. The molecule has 2 aromatic rings. The van der Waals surface area contributed by atoms with Crippen LogP contribution in [0.25, 0.3) is 0 Å². The number of rotatable bonds is 2. The topological polar surface area (TPSA) is 26.3 Å². The van der Waals surface area contributed by atoms with Gasteiger partial charge in [-0.3, -0.25) is 0 Å². The molecule has 0 bridgehead atoms. The molecule has 2 aromatic carbocycles. The molecule has 0 fully saturated rings. The van der Waals surface area contributed by atoms with Crippen LogP contribution in [-0.2, 0) is 17.6 Å². The van der Waals surface area contributed by atoms with Gasteiger partial charge in [0.15, 0.2) is 0 Å². The first kappa shape index (κ1) is 12.0. The molecule has 0 aromatic heterocycles. The second-order valence-corrected chi connectivity index (χ2v) is 4.99. The summed E-state index contributed by atoms with van der Waals surface area (Å²) in [6, 6.07) is 16.4. The molecule has 1 aliphatic carbocycles. The van der Waals surface area contributed by atoms with E-state index in [4.69, 9.17) is 4.74 Å². The van der Waals surface area contributed by atoms with E-state index in [1.165, 1.54) is 23.8 Å². The Balaban J connectivity index is 1.80. The number of hydrogen-bond donors (Lipinski definition) is 0. The lowest BCUT2D eigenvalue weighted by Crippen LogP contribution is -2.03. The van der Waals surface area contributed by atoms with Crippen LogP contribution in [0.15, 0.2) is 48.5 Å². The fraction of sp³-hybridized carbons (Fsp3) is 0.235. The van der Waals surface area contributed by atoms with Crippen molar-refractivity contribution in [2.75, 3.05) is 7.11 Å². The Morgan fingerprint density at radius 2 is 1.58 bits per heavy atom. The molecule has 0 unspecified atom stereocenters. The Bertz CT molecular complexity index is 574. The normalized spacial score (nSPS) is 14.2. The van der Waals surface area contributed by atoms with Crippen molar-refractivity contribution in [2.45, 2.75) is 18.8 Å². The molecule has 19 heavy (non-hydrogen) atoms. The lowest BCUT2D eigenvalue weighted by molar-refractivity contribution is 0.0600. The van der Waals surface area contributed by atoms with Gasteiger partial charge >= 0.3 is 5.97 Å². The first-order chi connectivity index (χ1) is 9.28. The maximum Gasteiger partial charge on any atom is 0.337 e. The molecular formula is C17H16O2. The zero-order valence-corrected chi connectivity index (χ0v) is 10.9. The minimum Gasteiger partial charge on any atom is -0.465 e. The number of esters is 1. The van der Waals surface area contributed by atoms with E-state index < -0.39 is 0 Å². The molecule has 2 nitrogen and oxygen atoms in total. The number of methoxy groups -OCH3 is 1. The second-order valence-electron chi connectivity index (χ2n) is 4.99. The SMILES string of the molecule is COC(=O)c1ccc(C2Cc3ccccc3C2)cc1. The first-order valence-corrected chi connectivity index (χ1v) is 6.53. The van der Waals surface area contributed by atoms with E-state index in [0.717, 1.165) is 12.8 Å². The standard InChI is InChI=1S/C17H16O2/c1-19-17(18)13-8-6-12(7-9-13)16-10-14-4-2-3-5-15(14)11-16/h2-9,16H,10-11H2,1H3. The largest absolute Gasteiger partial charge is 0.465 e. The predicted octanol–water partition coefficient (Wildman–Crippen LogP) is 3.36. The maximum absolute atomic E-state index is 11.4. The predicted molar refractivity (Wildman–Crippen MR) is 74.4 cm³/mol. The molecule has 0 saturated carbocycles. The Kier molecular flexibility index (Phi) is 3.08. The van der Waals surface area contributed by atoms with E-state index in [1.54, 1.807) is 0 Å². The number of carbonyl (C=O) groups is 1. The molecule has 0 N–H and O–H groups in total. The third kappa shape index (κ3) is 2.26. The Morgan fingerprint density at radius 1 is 1.00 bits per heavy atom. The summed E-state index contributed by atoms with van der Waals surface area (Å²) in [5, 5.41) is 0. The van der Waals surface area contributed by atoms with E-state index in [1.807, 2.05) is 24.3 Å². The van der Waals surface area contributed by atoms with Gasteiger partial charge in [-0.05, 0) is 47.6 Å². The van der Waals surface area contributed by atoms with Crippen LogP contribution in [0.1, 0.15) is 33.0 Å². The number of fused-ring (bicyclic) bond motifs is 1. The fourth-order valence-corrected chi connectivity index (χ4v) is 2.80. The van der Waals surface area contributed by atoms with Gasteiger partial charge in [-0.15, -0.1) is 0 Å². The molecule has 1 aliphatic rings. The van der Waals surface area contributed by atoms with Crippen molar-refractivity contribution in [3.8, 4) is 0 Å². The van der Waals surface area contributed by atoms with Crippen molar-refractivity contribution in [2.24, 2.45) is 0 Å². The van der Waals surface area contributed by atoms with Crippen LogP contribution in [0.5, 0.6) is 0 Å². The van der Waals surface area contributed by atoms with Gasteiger partial charge in [0.05, 0.1) is 12.7 Å². The molecule has 0 saturated heterocycles. The van der Waals surface area contributed by atoms with Crippen molar-refractivity contribution < 1.29 is 9.53 Å². The highest BCUT2D eigenvalue weighted by Crippen LogP contribution is 2.33. The summed E-state index contributed by atoms with van der Waals surface area (Å²) in [6.45, 7) is 0. The Labute approximate surface area is 113 Å². The quantitative estimate of drug-likeness (QED) is 0.766.